The first-order valence-corrected chi connectivity index (χ1v) is 8.66. The van der Waals surface area contributed by atoms with Crippen molar-refractivity contribution in [1.82, 2.24) is 5.32 Å². The molecule has 0 saturated carbocycles. The molecule has 1 rings (SSSR count). The molecule has 0 fully saturated rings. The summed E-state index contributed by atoms with van der Waals surface area (Å²) >= 11 is 0. The third kappa shape index (κ3) is 8.11. The molecule has 1 aromatic rings. The van der Waals surface area contributed by atoms with Gasteiger partial charge in [0, 0.05) is 12.6 Å². The first kappa shape index (κ1) is 18.0. The van der Waals surface area contributed by atoms with Gasteiger partial charge in [0.15, 0.2) is 0 Å². The fraction of sp³-hybridized carbons (Fsp3) is 0.684. The van der Waals surface area contributed by atoms with Gasteiger partial charge in [0.2, 0.25) is 0 Å². The van der Waals surface area contributed by atoms with Crippen molar-refractivity contribution in [1.29, 1.82) is 0 Å². The molecule has 0 aliphatic heterocycles. The maximum Gasteiger partial charge on any atom is 0.118 e. The lowest BCUT2D eigenvalue weighted by Crippen LogP contribution is -2.28. The number of unbranched alkanes of at least 4 members (excludes halogenated alkanes) is 4. The Morgan fingerprint density at radius 1 is 0.905 bits per heavy atom. The number of rotatable bonds is 12. The topological polar surface area (TPSA) is 21.3 Å². The van der Waals surface area contributed by atoms with E-state index in [-0.39, 0.29) is 0 Å². The maximum atomic E-state index is 5.21. The zero-order chi connectivity index (χ0) is 15.3. The zero-order valence-electron chi connectivity index (χ0n) is 14.2. The second kappa shape index (κ2) is 11.6. The van der Waals surface area contributed by atoms with Gasteiger partial charge in [-0.3, -0.25) is 0 Å². The number of ether oxygens (including phenoxy) is 1. The Hall–Kier alpha value is -1.02. The minimum Gasteiger partial charge on any atom is -0.497 e. The van der Waals surface area contributed by atoms with Gasteiger partial charge in [0.25, 0.3) is 0 Å². The molecule has 1 N–H and O–H groups in total. The summed E-state index contributed by atoms with van der Waals surface area (Å²) in [5.41, 5.74) is 1.34. The molecule has 0 spiro atoms. The SMILES string of the molecule is CCCCCC(CCCCC)NCc1ccc(OC)cc1. The second-order valence-corrected chi connectivity index (χ2v) is 5.92. The minimum atomic E-state index is 0.671. The van der Waals surface area contributed by atoms with Gasteiger partial charge in [-0.1, -0.05) is 64.5 Å². The third-order valence-electron chi connectivity index (χ3n) is 4.07. The molecule has 0 unspecified atom stereocenters. The Morgan fingerprint density at radius 2 is 1.48 bits per heavy atom. The van der Waals surface area contributed by atoms with E-state index >= 15 is 0 Å². The predicted octanol–water partition coefficient (Wildman–Crippen LogP) is 5.31. The normalized spacial score (nSPS) is 11.0. The van der Waals surface area contributed by atoms with Crippen LogP contribution in [-0.4, -0.2) is 13.2 Å². The first-order valence-electron chi connectivity index (χ1n) is 8.66. The van der Waals surface area contributed by atoms with E-state index in [4.69, 9.17) is 4.74 Å². The van der Waals surface area contributed by atoms with E-state index in [1.54, 1.807) is 7.11 Å². The fourth-order valence-corrected chi connectivity index (χ4v) is 2.64. The molecule has 0 atom stereocenters. The van der Waals surface area contributed by atoms with Crippen LogP contribution in [0, 0.1) is 0 Å². The second-order valence-electron chi connectivity index (χ2n) is 5.92. The average molecular weight is 291 g/mol. The molecule has 21 heavy (non-hydrogen) atoms. The summed E-state index contributed by atoms with van der Waals surface area (Å²) in [5.74, 6) is 0.932. The van der Waals surface area contributed by atoms with Gasteiger partial charge in [-0.2, -0.15) is 0 Å². The van der Waals surface area contributed by atoms with E-state index in [1.165, 1.54) is 56.9 Å². The summed E-state index contributed by atoms with van der Waals surface area (Å²) < 4.78 is 5.21. The molecule has 0 bridgehead atoms. The summed E-state index contributed by atoms with van der Waals surface area (Å²) in [4.78, 5) is 0. The van der Waals surface area contributed by atoms with Crippen molar-refractivity contribution in [2.75, 3.05) is 7.11 Å². The van der Waals surface area contributed by atoms with E-state index in [9.17, 15) is 0 Å². The summed E-state index contributed by atoms with van der Waals surface area (Å²) in [6.07, 6.45) is 10.6. The van der Waals surface area contributed by atoms with Crippen LogP contribution in [0.3, 0.4) is 0 Å². The largest absolute Gasteiger partial charge is 0.497 e. The van der Waals surface area contributed by atoms with Gasteiger partial charge < -0.3 is 10.1 Å². The standard InChI is InChI=1S/C19H33NO/c1-4-6-8-10-18(11-9-7-5-2)20-16-17-12-14-19(21-3)15-13-17/h12-15,18,20H,4-11,16H2,1-3H3. The van der Waals surface area contributed by atoms with Crippen molar-refractivity contribution >= 4 is 0 Å². The molecular weight excluding hydrogens is 258 g/mol. The van der Waals surface area contributed by atoms with Crippen molar-refractivity contribution < 1.29 is 4.74 Å². The van der Waals surface area contributed by atoms with Crippen molar-refractivity contribution in [3.05, 3.63) is 29.8 Å². The van der Waals surface area contributed by atoms with Crippen LogP contribution in [0.2, 0.25) is 0 Å². The highest BCUT2D eigenvalue weighted by molar-refractivity contribution is 5.27. The van der Waals surface area contributed by atoms with E-state index in [2.05, 4.69) is 31.3 Å². The molecule has 0 aliphatic rings. The molecule has 0 saturated heterocycles. The summed E-state index contributed by atoms with van der Waals surface area (Å²) in [6, 6.07) is 9.06. The van der Waals surface area contributed by atoms with Crippen LogP contribution in [-0.2, 0) is 6.54 Å². The van der Waals surface area contributed by atoms with Crippen LogP contribution in [0.15, 0.2) is 24.3 Å². The number of nitrogens with one attached hydrogen (secondary N) is 1. The molecule has 120 valence electrons. The number of hydrogen-bond acceptors (Lipinski definition) is 2. The minimum absolute atomic E-state index is 0.671. The van der Waals surface area contributed by atoms with Crippen LogP contribution < -0.4 is 10.1 Å². The lowest BCUT2D eigenvalue weighted by molar-refractivity contribution is 0.412. The highest BCUT2D eigenvalue weighted by Crippen LogP contribution is 2.14. The Labute approximate surface area is 131 Å². The smallest absolute Gasteiger partial charge is 0.118 e. The number of hydrogen-bond donors (Lipinski definition) is 1. The van der Waals surface area contributed by atoms with Gasteiger partial charge in [0.05, 0.1) is 7.11 Å². The molecule has 0 heterocycles. The van der Waals surface area contributed by atoms with Gasteiger partial charge in [0.1, 0.15) is 5.75 Å². The summed E-state index contributed by atoms with van der Waals surface area (Å²) in [5, 5.41) is 3.75. The Morgan fingerprint density at radius 3 is 1.95 bits per heavy atom. The third-order valence-corrected chi connectivity index (χ3v) is 4.07. The number of benzene rings is 1. The molecule has 0 aliphatic carbocycles. The van der Waals surface area contributed by atoms with E-state index < -0.39 is 0 Å². The Balaban J connectivity index is 2.38. The fourth-order valence-electron chi connectivity index (χ4n) is 2.64. The molecule has 1 aromatic carbocycles. The first-order chi connectivity index (χ1) is 10.3. The lowest BCUT2D eigenvalue weighted by Gasteiger charge is -2.19. The molecular formula is C19H33NO. The Kier molecular flexibility index (Phi) is 9.98. The Bertz CT molecular complexity index is 337. The van der Waals surface area contributed by atoms with Gasteiger partial charge in [-0.15, -0.1) is 0 Å². The van der Waals surface area contributed by atoms with Crippen molar-refractivity contribution in [3.63, 3.8) is 0 Å². The molecule has 0 aromatic heterocycles. The predicted molar refractivity (Wildman–Crippen MR) is 91.9 cm³/mol. The van der Waals surface area contributed by atoms with E-state index in [0.717, 1.165) is 12.3 Å². The van der Waals surface area contributed by atoms with Gasteiger partial charge in [-0.25, -0.2) is 0 Å². The average Bonchev–Trinajstić information content (AvgIpc) is 2.53. The molecule has 0 radical (unpaired) electrons. The van der Waals surface area contributed by atoms with Crippen LogP contribution in [0.25, 0.3) is 0 Å². The highest BCUT2D eigenvalue weighted by Gasteiger charge is 2.07. The molecule has 2 nitrogen and oxygen atoms in total. The van der Waals surface area contributed by atoms with Crippen molar-refractivity contribution in [2.45, 2.75) is 77.8 Å². The van der Waals surface area contributed by atoms with Crippen molar-refractivity contribution in [2.24, 2.45) is 0 Å². The van der Waals surface area contributed by atoms with E-state index in [1.807, 2.05) is 12.1 Å². The van der Waals surface area contributed by atoms with E-state index in [0.29, 0.717) is 6.04 Å². The number of methoxy groups -OCH3 is 1. The lowest BCUT2D eigenvalue weighted by atomic mass is 10.0. The maximum absolute atomic E-state index is 5.21. The molecule has 0 amide bonds. The highest BCUT2D eigenvalue weighted by atomic mass is 16.5. The van der Waals surface area contributed by atoms with Gasteiger partial charge in [-0.05, 0) is 30.5 Å². The monoisotopic (exact) mass is 291 g/mol. The summed E-state index contributed by atoms with van der Waals surface area (Å²) in [7, 11) is 1.71. The quantitative estimate of drug-likeness (QED) is 0.527. The van der Waals surface area contributed by atoms with Crippen LogP contribution in [0.5, 0.6) is 5.75 Å². The van der Waals surface area contributed by atoms with Gasteiger partial charge >= 0.3 is 0 Å². The van der Waals surface area contributed by atoms with Crippen molar-refractivity contribution in [3.8, 4) is 5.75 Å². The van der Waals surface area contributed by atoms with Crippen LogP contribution in [0.4, 0.5) is 0 Å². The van der Waals surface area contributed by atoms with Crippen LogP contribution >= 0.6 is 0 Å². The molecule has 2 heteroatoms. The van der Waals surface area contributed by atoms with Crippen LogP contribution in [0.1, 0.15) is 70.8 Å². The zero-order valence-corrected chi connectivity index (χ0v) is 14.2. The summed E-state index contributed by atoms with van der Waals surface area (Å²) in [6.45, 7) is 5.51.